The lowest BCUT2D eigenvalue weighted by Crippen LogP contribution is -2.29. The van der Waals surface area contributed by atoms with Crippen molar-refractivity contribution in [1.82, 2.24) is 4.90 Å². The fourth-order valence-corrected chi connectivity index (χ4v) is 2.46. The van der Waals surface area contributed by atoms with Gasteiger partial charge >= 0.3 is 0 Å². The van der Waals surface area contributed by atoms with Gasteiger partial charge in [-0.1, -0.05) is 24.3 Å². The van der Waals surface area contributed by atoms with Crippen molar-refractivity contribution in [3.63, 3.8) is 0 Å². The first kappa shape index (κ1) is 13.4. The fraction of sp³-hybridized carbons (Fsp3) is 0.571. The monoisotopic (exact) mass is 254 g/mol. The molecule has 100 valence electrons. The third kappa shape index (κ3) is 3.27. The van der Waals surface area contributed by atoms with E-state index in [4.69, 9.17) is 5.73 Å². The molecule has 1 heterocycles. The lowest BCUT2D eigenvalue weighted by Gasteiger charge is -2.18. The Labute approximate surface area is 107 Å². The maximum absolute atomic E-state index is 12.4. The fourth-order valence-electron chi connectivity index (χ4n) is 2.46. The Morgan fingerprint density at radius 2 is 2.00 bits per heavy atom. The lowest BCUT2D eigenvalue weighted by atomic mass is 10.0. The molecule has 2 atom stereocenters. The Kier molecular flexibility index (Phi) is 4.30. The molecule has 0 radical (unpaired) electrons. The molecule has 2 rings (SSSR count). The summed E-state index contributed by atoms with van der Waals surface area (Å²) in [4.78, 5) is 2.34. The van der Waals surface area contributed by atoms with Crippen molar-refractivity contribution in [3.05, 3.63) is 35.4 Å². The number of rotatable bonds is 4. The van der Waals surface area contributed by atoms with Crippen LogP contribution in [0.15, 0.2) is 24.3 Å². The molecule has 18 heavy (non-hydrogen) atoms. The van der Waals surface area contributed by atoms with Crippen molar-refractivity contribution in [2.45, 2.75) is 32.4 Å². The molecule has 2 unspecified atom stereocenters. The molecular weight excluding hydrogens is 234 g/mol. The Morgan fingerprint density at radius 3 is 2.50 bits per heavy atom. The number of benzene rings is 1. The average Bonchev–Trinajstić information content (AvgIpc) is 2.78. The Morgan fingerprint density at radius 1 is 1.33 bits per heavy atom. The van der Waals surface area contributed by atoms with Gasteiger partial charge in [-0.2, -0.15) is 0 Å². The van der Waals surface area contributed by atoms with Crippen LogP contribution in [0.3, 0.4) is 0 Å². The van der Waals surface area contributed by atoms with E-state index >= 15 is 0 Å². The van der Waals surface area contributed by atoms with Crippen LogP contribution in [0.25, 0.3) is 0 Å². The zero-order valence-electron chi connectivity index (χ0n) is 10.7. The average molecular weight is 254 g/mol. The van der Waals surface area contributed by atoms with Crippen LogP contribution in [0.5, 0.6) is 0 Å². The predicted molar refractivity (Wildman–Crippen MR) is 68.4 cm³/mol. The summed E-state index contributed by atoms with van der Waals surface area (Å²) in [5.74, 6) is 0.560. The van der Waals surface area contributed by atoms with Crippen LogP contribution in [0, 0.1) is 5.92 Å². The molecule has 0 aliphatic carbocycles. The molecule has 0 aromatic heterocycles. The maximum atomic E-state index is 12.4. The number of halogens is 2. The summed E-state index contributed by atoms with van der Waals surface area (Å²) >= 11 is 0. The molecule has 2 N–H and O–H groups in total. The van der Waals surface area contributed by atoms with Crippen LogP contribution in [-0.2, 0) is 6.54 Å². The topological polar surface area (TPSA) is 29.3 Å². The summed E-state index contributed by atoms with van der Waals surface area (Å²) in [5.41, 5.74) is 7.08. The number of nitrogens with two attached hydrogens (primary N) is 1. The molecule has 1 saturated heterocycles. The highest BCUT2D eigenvalue weighted by Crippen LogP contribution is 2.22. The van der Waals surface area contributed by atoms with E-state index in [-0.39, 0.29) is 11.6 Å². The highest BCUT2D eigenvalue weighted by molar-refractivity contribution is 5.23. The van der Waals surface area contributed by atoms with Gasteiger partial charge in [0, 0.05) is 24.7 Å². The minimum atomic E-state index is -2.38. The summed E-state index contributed by atoms with van der Waals surface area (Å²) in [6.45, 7) is 4.93. The second-order valence-corrected chi connectivity index (χ2v) is 5.19. The van der Waals surface area contributed by atoms with E-state index in [2.05, 4.69) is 4.90 Å². The van der Waals surface area contributed by atoms with Crippen molar-refractivity contribution in [2.24, 2.45) is 11.7 Å². The van der Waals surface area contributed by atoms with Gasteiger partial charge in [-0.05, 0) is 31.4 Å². The zero-order valence-corrected chi connectivity index (χ0v) is 10.7. The van der Waals surface area contributed by atoms with Crippen LogP contribution >= 0.6 is 0 Å². The van der Waals surface area contributed by atoms with Crippen LogP contribution in [-0.4, -0.2) is 24.0 Å². The van der Waals surface area contributed by atoms with Gasteiger partial charge < -0.3 is 5.73 Å². The van der Waals surface area contributed by atoms with Gasteiger partial charge in [0.2, 0.25) is 0 Å². The minimum absolute atomic E-state index is 0.0913. The van der Waals surface area contributed by atoms with Crippen molar-refractivity contribution >= 4 is 0 Å². The van der Waals surface area contributed by atoms with Gasteiger partial charge in [-0.3, -0.25) is 4.90 Å². The second-order valence-electron chi connectivity index (χ2n) is 5.19. The van der Waals surface area contributed by atoms with Gasteiger partial charge in [0.05, 0.1) is 0 Å². The number of likely N-dealkylation sites (tertiary alicyclic amines) is 1. The van der Waals surface area contributed by atoms with E-state index in [1.165, 1.54) is 12.1 Å². The van der Waals surface area contributed by atoms with Gasteiger partial charge in [0.15, 0.2) is 0 Å². The summed E-state index contributed by atoms with van der Waals surface area (Å²) in [7, 11) is 0. The summed E-state index contributed by atoms with van der Waals surface area (Å²) in [6, 6.07) is 6.84. The van der Waals surface area contributed by atoms with Crippen LogP contribution in [0.2, 0.25) is 0 Å². The van der Waals surface area contributed by atoms with E-state index in [1.54, 1.807) is 12.1 Å². The van der Waals surface area contributed by atoms with Gasteiger partial charge in [0.1, 0.15) is 0 Å². The predicted octanol–water partition coefficient (Wildman–Crippen LogP) is 2.79. The third-order valence-corrected chi connectivity index (χ3v) is 3.69. The molecule has 0 amide bonds. The standard InChI is InChI=1S/C14H20F2N2/c1-10(17)13-6-7-18(9-13)8-11-2-4-12(5-3-11)14(15)16/h2-5,10,13-14H,6-9,17H2,1H3. The highest BCUT2D eigenvalue weighted by atomic mass is 19.3. The Bertz CT molecular complexity index is 376. The second kappa shape index (κ2) is 5.76. The van der Waals surface area contributed by atoms with E-state index in [0.29, 0.717) is 5.92 Å². The smallest absolute Gasteiger partial charge is 0.263 e. The number of alkyl halides is 2. The van der Waals surface area contributed by atoms with E-state index in [0.717, 1.165) is 31.6 Å². The molecule has 4 heteroatoms. The first-order valence-electron chi connectivity index (χ1n) is 6.41. The Balaban J connectivity index is 1.90. The normalized spacial score (nSPS) is 22.6. The number of nitrogens with zero attached hydrogens (tertiary/aromatic N) is 1. The van der Waals surface area contributed by atoms with Crippen molar-refractivity contribution in [3.8, 4) is 0 Å². The summed E-state index contributed by atoms with van der Waals surface area (Å²) in [6.07, 6.45) is -1.25. The van der Waals surface area contributed by atoms with Gasteiger partial charge in [-0.15, -0.1) is 0 Å². The molecule has 1 aromatic carbocycles. The summed E-state index contributed by atoms with van der Waals surface area (Å²) in [5, 5.41) is 0. The van der Waals surface area contributed by atoms with Crippen LogP contribution in [0.4, 0.5) is 8.78 Å². The molecular formula is C14H20F2N2. The van der Waals surface area contributed by atoms with Crippen LogP contribution in [0.1, 0.15) is 30.9 Å². The molecule has 1 aliphatic heterocycles. The molecule has 2 nitrogen and oxygen atoms in total. The first-order chi connectivity index (χ1) is 8.56. The first-order valence-corrected chi connectivity index (χ1v) is 6.41. The largest absolute Gasteiger partial charge is 0.328 e. The molecule has 1 aromatic rings. The minimum Gasteiger partial charge on any atom is -0.328 e. The van der Waals surface area contributed by atoms with Crippen LogP contribution < -0.4 is 5.73 Å². The quantitative estimate of drug-likeness (QED) is 0.895. The van der Waals surface area contributed by atoms with Crippen molar-refractivity contribution in [2.75, 3.05) is 13.1 Å². The van der Waals surface area contributed by atoms with Gasteiger partial charge in [-0.25, -0.2) is 8.78 Å². The summed E-state index contributed by atoms with van der Waals surface area (Å²) < 4.78 is 24.8. The number of hydrogen-bond acceptors (Lipinski definition) is 2. The van der Waals surface area contributed by atoms with Crippen molar-refractivity contribution in [1.29, 1.82) is 0 Å². The van der Waals surface area contributed by atoms with Gasteiger partial charge in [0.25, 0.3) is 6.43 Å². The number of hydrogen-bond donors (Lipinski definition) is 1. The molecule has 1 fully saturated rings. The Hall–Kier alpha value is -1.00. The molecule has 0 bridgehead atoms. The molecule has 0 spiro atoms. The maximum Gasteiger partial charge on any atom is 0.263 e. The molecule has 1 aliphatic rings. The zero-order chi connectivity index (χ0) is 13.1. The SMILES string of the molecule is CC(N)C1CCN(Cc2ccc(C(F)F)cc2)C1. The van der Waals surface area contributed by atoms with E-state index in [9.17, 15) is 8.78 Å². The van der Waals surface area contributed by atoms with Crippen molar-refractivity contribution < 1.29 is 8.78 Å². The van der Waals surface area contributed by atoms with E-state index < -0.39 is 6.43 Å². The molecule has 0 saturated carbocycles. The third-order valence-electron chi connectivity index (χ3n) is 3.69. The lowest BCUT2D eigenvalue weighted by molar-refractivity contribution is 0.151. The van der Waals surface area contributed by atoms with E-state index in [1.807, 2.05) is 6.92 Å². The highest BCUT2D eigenvalue weighted by Gasteiger charge is 2.24.